The molecule has 1 aliphatic heterocycles. The van der Waals surface area contributed by atoms with Crippen LogP contribution in [-0.4, -0.2) is 59.5 Å². The van der Waals surface area contributed by atoms with Crippen molar-refractivity contribution in [3.63, 3.8) is 0 Å². The number of rotatable bonds is 4. The summed E-state index contributed by atoms with van der Waals surface area (Å²) in [5, 5.41) is 3.59. The van der Waals surface area contributed by atoms with Crippen LogP contribution >= 0.6 is 0 Å². The van der Waals surface area contributed by atoms with Crippen LogP contribution in [0.15, 0.2) is 18.5 Å². The van der Waals surface area contributed by atoms with Crippen LogP contribution in [0.5, 0.6) is 0 Å². The first-order valence-corrected chi connectivity index (χ1v) is 9.49. The second kappa shape index (κ2) is 8.47. The average Bonchev–Trinajstić information content (AvgIpc) is 2.90. The van der Waals surface area contributed by atoms with Crippen molar-refractivity contribution < 1.29 is 4.79 Å². The van der Waals surface area contributed by atoms with E-state index in [0.29, 0.717) is 11.6 Å². The van der Waals surface area contributed by atoms with E-state index < -0.39 is 0 Å². The van der Waals surface area contributed by atoms with E-state index in [0.717, 1.165) is 38.4 Å². The normalized spacial score (nSPS) is 20.6. The molecule has 1 aromatic heterocycles. The Labute approximate surface area is 145 Å². The Balaban J connectivity index is 1.61. The Morgan fingerprint density at radius 1 is 1.12 bits per heavy atom. The number of nitrogens with one attached hydrogen (secondary N) is 1. The summed E-state index contributed by atoms with van der Waals surface area (Å²) in [7, 11) is 0. The van der Waals surface area contributed by atoms with E-state index in [1.807, 2.05) is 17.2 Å². The maximum absolute atomic E-state index is 12.7. The lowest BCUT2D eigenvalue weighted by atomic mass is 10.1. The average molecular weight is 330 g/mol. The summed E-state index contributed by atoms with van der Waals surface area (Å²) in [4.78, 5) is 21.4. The van der Waals surface area contributed by atoms with Gasteiger partial charge in [-0.2, -0.15) is 0 Å². The first kappa shape index (κ1) is 17.2. The molecule has 2 aliphatic rings. The van der Waals surface area contributed by atoms with Crippen LogP contribution in [0.2, 0.25) is 0 Å². The second-order valence-electron chi connectivity index (χ2n) is 7.02. The van der Waals surface area contributed by atoms with E-state index in [9.17, 15) is 4.79 Å². The number of nitrogens with zero attached hydrogens (tertiary/aromatic N) is 3. The van der Waals surface area contributed by atoms with Crippen LogP contribution in [0.1, 0.15) is 55.8 Å². The minimum Gasteiger partial charge on any atom is -0.381 e. The number of likely N-dealkylation sites (N-methyl/N-ethyl adjacent to an activating group) is 1. The fraction of sp³-hybridized carbons (Fsp3) is 0.684. The summed E-state index contributed by atoms with van der Waals surface area (Å²) >= 11 is 0. The highest BCUT2D eigenvalue weighted by Crippen LogP contribution is 2.21. The largest absolute Gasteiger partial charge is 0.381 e. The summed E-state index contributed by atoms with van der Waals surface area (Å²) in [6.07, 6.45) is 11.3. The van der Waals surface area contributed by atoms with Crippen molar-refractivity contribution in [1.82, 2.24) is 14.8 Å². The van der Waals surface area contributed by atoms with Crippen LogP contribution in [0.4, 0.5) is 5.69 Å². The topological polar surface area (TPSA) is 48.5 Å². The maximum Gasteiger partial charge on any atom is 0.255 e. The highest BCUT2D eigenvalue weighted by atomic mass is 16.2. The number of carbonyl (C=O) groups excluding carboxylic acids is 1. The molecular weight excluding hydrogens is 300 g/mol. The molecule has 1 aliphatic carbocycles. The third-order valence-corrected chi connectivity index (χ3v) is 5.32. The van der Waals surface area contributed by atoms with Crippen LogP contribution < -0.4 is 5.32 Å². The smallest absolute Gasteiger partial charge is 0.255 e. The SMILES string of the molecule is CCN1CCN(C(=O)c2cncc(NC3CCCCCC3)c2)CC1. The van der Waals surface area contributed by atoms with Gasteiger partial charge in [0.2, 0.25) is 0 Å². The van der Waals surface area contributed by atoms with Crippen molar-refractivity contribution in [2.45, 2.75) is 51.5 Å². The zero-order valence-electron chi connectivity index (χ0n) is 14.8. The molecule has 0 aromatic carbocycles. The molecule has 0 unspecified atom stereocenters. The molecule has 0 spiro atoms. The molecular formula is C19H30N4O. The number of hydrogen-bond acceptors (Lipinski definition) is 4. The van der Waals surface area contributed by atoms with E-state index >= 15 is 0 Å². The summed E-state index contributed by atoms with van der Waals surface area (Å²) in [5.74, 6) is 0.114. The molecule has 1 N–H and O–H groups in total. The van der Waals surface area contributed by atoms with Crippen LogP contribution in [-0.2, 0) is 0 Å². The molecule has 132 valence electrons. The van der Waals surface area contributed by atoms with Gasteiger partial charge in [0, 0.05) is 44.6 Å². The molecule has 1 amide bonds. The summed E-state index contributed by atoms with van der Waals surface area (Å²) in [6.45, 7) is 6.79. The molecule has 5 nitrogen and oxygen atoms in total. The minimum atomic E-state index is 0.114. The Hall–Kier alpha value is -1.62. The Bertz CT molecular complexity index is 532. The lowest BCUT2D eigenvalue weighted by Crippen LogP contribution is -2.48. The summed E-state index contributed by atoms with van der Waals surface area (Å²) < 4.78 is 0. The van der Waals surface area contributed by atoms with Gasteiger partial charge < -0.3 is 15.1 Å². The Kier molecular flexibility index (Phi) is 6.07. The predicted octanol–water partition coefficient (Wildman–Crippen LogP) is 2.99. The second-order valence-corrected chi connectivity index (χ2v) is 7.02. The number of hydrogen-bond donors (Lipinski definition) is 1. The number of carbonyl (C=O) groups is 1. The minimum absolute atomic E-state index is 0.114. The van der Waals surface area contributed by atoms with Gasteiger partial charge in [0.1, 0.15) is 0 Å². The highest BCUT2D eigenvalue weighted by Gasteiger charge is 2.22. The van der Waals surface area contributed by atoms with Crippen LogP contribution in [0.25, 0.3) is 0 Å². The van der Waals surface area contributed by atoms with Crippen molar-refractivity contribution in [1.29, 1.82) is 0 Å². The molecule has 1 saturated heterocycles. The molecule has 0 bridgehead atoms. The quantitative estimate of drug-likeness (QED) is 0.862. The Morgan fingerprint density at radius 3 is 2.50 bits per heavy atom. The fourth-order valence-electron chi connectivity index (χ4n) is 3.74. The van der Waals surface area contributed by atoms with Gasteiger partial charge in [-0.15, -0.1) is 0 Å². The van der Waals surface area contributed by atoms with Gasteiger partial charge in [-0.3, -0.25) is 9.78 Å². The van der Waals surface area contributed by atoms with Gasteiger partial charge in [0.15, 0.2) is 0 Å². The van der Waals surface area contributed by atoms with Crippen molar-refractivity contribution in [3.05, 3.63) is 24.0 Å². The monoisotopic (exact) mass is 330 g/mol. The predicted molar refractivity (Wildman–Crippen MR) is 97.4 cm³/mol. The molecule has 24 heavy (non-hydrogen) atoms. The fourth-order valence-corrected chi connectivity index (χ4v) is 3.74. The van der Waals surface area contributed by atoms with Crippen molar-refractivity contribution >= 4 is 11.6 Å². The molecule has 1 saturated carbocycles. The molecule has 3 rings (SSSR count). The number of anilines is 1. The van der Waals surface area contributed by atoms with Gasteiger partial charge in [-0.1, -0.05) is 32.6 Å². The first-order valence-electron chi connectivity index (χ1n) is 9.49. The van der Waals surface area contributed by atoms with E-state index in [1.165, 1.54) is 38.5 Å². The van der Waals surface area contributed by atoms with Gasteiger partial charge >= 0.3 is 0 Å². The molecule has 1 aromatic rings. The number of aromatic nitrogens is 1. The molecule has 0 atom stereocenters. The van der Waals surface area contributed by atoms with Gasteiger partial charge in [-0.25, -0.2) is 0 Å². The van der Waals surface area contributed by atoms with E-state index in [-0.39, 0.29) is 5.91 Å². The summed E-state index contributed by atoms with van der Waals surface area (Å²) in [5.41, 5.74) is 1.69. The number of piperazine rings is 1. The van der Waals surface area contributed by atoms with E-state index in [2.05, 4.69) is 22.1 Å². The summed E-state index contributed by atoms with van der Waals surface area (Å²) in [6, 6.07) is 2.50. The molecule has 5 heteroatoms. The third kappa shape index (κ3) is 4.47. The standard InChI is InChI=1S/C19H30N4O/c1-2-22-9-11-23(12-10-22)19(24)16-13-18(15-20-14-16)21-17-7-5-3-4-6-8-17/h13-15,17,21H,2-12H2,1H3. The van der Waals surface area contributed by atoms with Crippen molar-refractivity contribution in [2.75, 3.05) is 38.0 Å². The molecule has 2 fully saturated rings. The lowest BCUT2D eigenvalue weighted by Gasteiger charge is -2.34. The zero-order valence-corrected chi connectivity index (χ0v) is 14.8. The first-order chi connectivity index (χ1) is 11.8. The number of pyridine rings is 1. The van der Waals surface area contributed by atoms with Gasteiger partial charge in [0.25, 0.3) is 5.91 Å². The maximum atomic E-state index is 12.7. The van der Waals surface area contributed by atoms with Gasteiger partial charge in [0.05, 0.1) is 11.3 Å². The Morgan fingerprint density at radius 2 is 1.83 bits per heavy atom. The lowest BCUT2D eigenvalue weighted by molar-refractivity contribution is 0.0643. The zero-order chi connectivity index (χ0) is 16.8. The van der Waals surface area contributed by atoms with E-state index in [4.69, 9.17) is 0 Å². The number of amides is 1. The van der Waals surface area contributed by atoms with Crippen LogP contribution in [0, 0.1) is 0 Å². The molecule has 2 heterocycles. The van der Waals surface area contributed by atoms with Gasteiger partial charge in [-0.05, 0) is 25.5 Å². The third-order valence-electron chi connectivity index (χ3n) is 5.32. The highest BCUT2D eigenvalue weighted by molar-refractivity contribution is 5.94. The van der Waals surface area contributed by atoms with Crippen molar-refractivity contribution in [3.8, 4) is 0 Å². The molecule has 0 radical (unpaired) electrons. The van der Waals surface area contributed by atoms with E-state index in [1.54, 1.807) is 6.20 Å². The van der Waals surface area contributed by atoms with Crippen molar-refractivity contribution in [2.24, 2.45) is 0 Å². The van der Waals surface area contributed by atoms with Crippen LogP contribution in [0.3, 0.4) is 0 Å².